The molecular formula is C16H22N2O. The van der Waals surface area contributed by atoms with E-state index >= 15 is 0 Å². The molecule has 2 aliphatic rings. The van der Waals surface area contributed by atoms with E-state index in [1.54, 1.807) is 6.20 Å². The van der Waals surface area contributed by atoms with Crippen molar-refractivity contribution in [1.29, 1.82) is 0 Å². The number of likely N-dealkylation sites (tertiary alicyclic amines) is 1. The smallest absolute Gasteiger partial charge is 0.171 e. The van der Waals surface area contributed by atoms with Gasteiger partial charge in [-0.05, 0) is 58.8 Å². The van der Waals surface area contributed by atoms with Gasteiger partial charge in [-0.2, -0.15) is 0 Å². The van der Waals surface area contributed by atoms with E-state index in [9.17, 15) is 4.79 Å². The zero-order valence-electron chi connectivity index (χ0n) is 12.1. The number of piperidine rings is 1. The molecule has 1 aromatic rings. The van der Waals surface area contributed by atoms with E-state index < -0.39 is 0 Å². The second-order valence-electron chi connectivity index (χ2n) is 6.94. The number of pyridine rings is 1. The standard InChI is InChI=1S/C16H22N2O/c1-15(2,3)18-9-6-16(7-10-18)11-13-12(14(16)19)5-4-8-17-13/h4-5,8H,6-7,9-11H2,1-3H3. The van der Waals surface area contributed by atoms with Crippen LogP contribution in [0.3, 0.4) is 0 Å². The van der Waals surface area contributed by atoms with Gasteiger partial charge in [0.25, 0.3) is 0 Å². The Balaban J connectivity index is 1.81. The van der Waals surface area contributed by atoms with Crippen LogP contribution in [0.5, 0.6) is 0 Å². The minimum absolute atomic E-state index is 0.154. The average Bonchev–Trinajstić information content (AvgIpc) is 2.63. The topological polar surface area (TPSA) is 33.2 Å². The van der Waals surface area contributed by atoms with Crippen molar-refractivity contribution in [2.45, 2.75) is 45.6 Å². The zero-order valence-corrected chi connectivity index (χ0v) is 12.1. The number of hydrogen-bond acceptors (Lipinski definition) is 3. The van der Waals surface area contributed by atoms with Crippen molar-refractivity contribution in [3.8, 4) is 0 Å². The molecule has 102 valence electrons. The molecule has 3 heteroatoms. The molecule has 0 saturated carbocycles. The molecule has 0 atom stereocenters. The van der Waals surface area contributed by atoms with Crippen LogP contribution in [0.4, 0.5) is 0 Å². The third kappa shape index (κ3) is 2.00. The van der Waals surface area contributed by atoms with Crippen molar-refractivity contribution in [3.05, 3.63) is 29.6 Å². The second kappa shape index (κ2) is 4.14. The van der Waals surface area contributed by atoms with Crippen molar-refractivity contribution in [3.63, 3.8) is 0 Å². The molecule has 0 N–H and O–H groups in total. The molecule has 3 nitrogen and oxygen atoms in total. The summed E-state index contributed by atoms with van der Waals surface area (Å²) in [6.07, 6.45) is 4.59. The highest BCUT2D eigenvalue weighted by molar-refractivity contribution is 6.04. The maximum atomic E-state index is 12.7. The summed E-state index contributed by atoms with van der Waals surface area (Å²) in [5.74, 6) is 0.337. The first kappa shape index (κ1) is 12.8. The largest absolute Gasteiger partial charge is 0.298 e. The molecule has 1 saturated heterocycles. The van der Waals surface area contributed by atoms with Gasteiger partial charge in [0.1, 0.15) is 0 Å². The maximum absolute atomic E-state index is 12.7. The van der Waals surface area contributed by atoms with Crippen LogP contribution in [-0.4, -0.2) is 34.3 Å². The molecule has 0 unspecified atom stereocenters. The van der Waals surface area contributed by atoms with Gasteiger partial charge in [-0.15, -0.1) is 0 Å². The fourth-order valence-electron chi connectivity index (χ4n) is 3.48. The lowest BCUT2D eigenvalue weighted by molar-refractivity contribution is 0.0393. The quantitative estimate of drug-likeness (QED) is 0.717. The molecule has 0 aromatic carbocycles. The lowest BCUT2D eigenvalue weighted by Gasteiger charge is -2.44. The number of ketones is 1. The van der Waals surface area contributed by atoms with Crippen molar-refractivity contribution in [2.24, 2.45) is 5.41 Å². The molecule has 1 fully saturated rings. The Morgan fingerprint density at radius 1 is 1.26 bits per heavy atom. The van der Waals surface area contributed by atoms with Gasteiger partial charge in [-0.3, -0.25) is 14.7 Å². The lowest BCUT2D eigenvalue weighted by Crippen LogP contribution is -2.50. The van der Waals surface area contributed by atoms with E-state index in [2.05, 4.69) is 30.7 Å². The van der Waals surface area contributed by atoms with Crippen LogP contribution in [0, 0.1) is 5.41 Å². The minimum Gasteiger partial charge on any atom is -0.298 e. The molecule has 1 aliphatic heterocycles. The molecule has 0 amide bonds. The van der Waals surface area contributed by atoms with Crippen molar-refractivity contribution < 1.29 is 4.79 Å². The summed E-state index contributed by atoms with van der Waals surface area (Å²) < 4.78 is 0. The Kier molecular flexibility index (Phi) is 2.79. The SMILES string of the molecule is CC(C)(C)N1CCC2(CC1)Cc1ncccc1C2=O. The van der Waals surface area contributed by atoms with Crippen LogP contribution in [0.25, 0.3) is 0 Å². The van der Waals surface area contributed by atoms with Gasteiger partial charge in [0.15, 0.2) is 5.78 Å². The van der Waals surface area contributed by atoms with Gasteiger partial charge in [-0.1, -0.05) is 0 Å². The summed E-state index contributed by atoms with van der Waals surface area (Å²) in [4.78, 5) is 19.6. The van der Waals surface area contributed by atoms with Crippen LogP contribution >= 0.6 is 0 Å². The molecule has 0 bridgehead atoms. The monoisotopic (exact) mass is 258 g/mol. The van der Waals surface area contributed by atoms with Gasteiger partial charge in [0, 0.05) is 29.1 Å². The Morgan fingerprint density at radius 2 is 1.95 bits per heavy atom. The predicted molar refractivity (Wildman–Crippen MR) is 75.3 cm³/mol. The van der Waals surface area contributed by atoms with Gasteiger partial charge in [-0.25, -0.2) is 0 Å². The first-order valence-electron chi connectivity index (χ1n) is 7.16. The van der Waals surface area contributed by atoms with Gasteiger partial charge in [0.2, 0.25) is 0 Å². The van der Waals surface area contributed by atoms with Gasteiger partial charge >= 0.3 is 0 Å². The molecule has 1 spiro atoms. The first-order valence-corrected chi connectivity index (χ1v) is 7.16. The number of nitrogens with zero attached hydrogens (tertiary/aromatic N) is 2. The number of rotatable bonds is 0. The number of aromatic nitrogens is 1. The Hall–Kier alpha value is -1.22. The molecule has 0 radical (unpaired) electrons. The van der Waals surface area contributed by atoms with Crippen LogP contribution in [0.1, 0.15) is 49.7 Å². The van der Waals surface area contributed by atoms with Crippen LogP contribution in [0.2, 0.25) is 0 Å². The first-order chi connectivity index (χ1) is 8.92. The van der Waals surface area contributed by atoms with E-state index in [1.165, 1.54) is 0 Å². The molecule has 1 aromatic heterocycles. The van der Waals surface area contributed by atoms with E-state index in [1.807, 2.05) is 12.1 Å². The van der Waals surface area contributed by atoms with E-state index in [4.69, 9.17) is 0 Å². The number of carbonyl (C=O) groups excluding carboxylic acids is 1. The number of hydrogen-bond donors (Lipinski definition) is 0. The highest BCUT2D eigenvalue weighted by Crippen LogP contribution is 2.44. The maximum Gasteiger partial charge on any atom is 0.171 e. The minimum atomic E-state index is -0.154. The van der Waals surface area contributed by atoms with Crippen molar-refractivity contribution in [1.82, 2.24) is 9.88 Å². The van der Waals surface area contributed by atoms with Crippen molar-refractivity contribution >= 4 is 5.78 Å². The summed E-state index contributed by atoms with van der Waals surface area (Å²) in [5.41, 5.74) is 1.93. The third-order valence-corrected chi connectivity index (χ3v) is 4.79. The fourth-order valence-corrected chi connectivity index (χ4v) is 3.48. The van der Waals surface area contributed by atoms with Gasteiger partial charge in [0.05, 0.1) is 5.69 Å². The Labute approximate surface area is 115 Å². The summed E-state index contributed by atoms with van der Waals surface area (Å²) in [7, 11) is 0. The summed E-state index contributed by atoms with van der Waals surface area (Å²) in [6.45, 7) is 8.78. The summed E-state index contributed by atoms with van der Waals surface area (Å²) >= 11 is 0. The van der Waals surface area contributed by atoms with Gasteiger partial charge < -0.3 is 0 Å². The molecule has 19 heavy (non-hydrogen) atoms. The molecule has 3 rings (SSSR count). The Bertz CT molecular complexity index is 508. The van der Waals surface area contributed by atoms with Crippen molar-refractivity contribution in [2.75, 3.05) is 13.1 Å². The molecule has 1 aliphatic carbocycles. The van der Waals surface area contributed by atoms with E-state index in [0.29, 0.717) is 5.78 Å². The Morgan fingerprint density at radius 3 is 2.53 bits per heavy atom. The predicted octanol–water partition coefficient (Wildman–Crippen LogP) is 2.70. The molecule has 2 heterocycles. The van der Waals surface area contributed by atoms with Crippen LogP contribution in [0.15, 0.2) is 18.3 Å². The highest BCUT2D eigenvalue weighted by Gasteiger charge is 2.48. The van der Waals surface area contributed by atoms with E-state index in [-0.39, 0.29) is 11.0 Å². The molecular weight excluding hydrogens is 236 g/mol. The van der Waals surface area contributed by atoms with Crippen LogP contribution in [-0.2, 0) is 6.42 Å². The highest BCUT2D eigenvalue weighted by atomic mass is 16.1. The summed E-state index contributed by atoms with van der Waals surface area (Å²) in [6, 6.07) is 3.82. The summed E-state index contributed by atoms with van der Waals surface area (Å²) in [5, 5.41) is 0. The normalized spacial score (nSPS) is 22.8. The van der Waals surface area contributed by atoms with E-state index in [0.717, 1.165) is 43.6 Å². The average molecular weight is 258 g/mol. The number of fused-ring (bicyclic) bond motifs is 1. The fraction of sp³-hybridized carbons (Fsp3) is 0.625. The number of carbonyl (C=O) groups is 1. The second-order valence-corrected chi connectivity index (χ2v) is 6.94. The number of Topliss-reactive ketones (excluding diaryl/α,β-unsaturated/α-hetero) is 1. The zero-order chi connectivity index (χ0) is 13.7. The van der Waals surface area contributed by atoms with Crippen LogP contribution < -0.4 is 0 Å². The third-order valence-electron chi connectivity index (χ3n) is 4.79. The lowest BCUT2D eigenvalue weighted by atomic mass is 9.74.